The van der Waals surface area contributed by atoms with E-state index in [4.69, 9.17) is 17.4 Å². The van der Waals surface area contributed by atoms with Crippen LogP contribution >= 0.6 is 11.6 Å². The number of nitro benzene ring substituents is 1. The smallest absolute Gasteiger partial charge is 0.289 e. The van der Waals surface area contributed by atoms with Gasteiger partial charge < -0.3 is 10.7 Å². The lowest BCUT2D eigenvalue weighted by atomic mass is 10.2. The van der Waals surface area contributed by atoms with Crippen LogP contribution in [-0.2, 0) is 0 Å². The van der Waals surface area contributed by atoms with Gasteiger partial charge in [-0.25, -0.2) is 10.8 Å². The zero-order chi connectivity index (χ0) is 15.4. The normalized spacial score (nSPS) is 10.0. The molecule has 21 heavy (non-hydrogen) atoms. The van der Waals surface area contributed by atoms with Crippen LogP contribution in [-0.4, -0.2) is 15.8 Å². The molecule has 0 saturated carbocycles. The lowest BCUT2D eigenvalue weighted by Crippen LogP contribution is -2.13. The quantitative estimate of drug-likeness (QED) is 0.452. The molecule has 1 amide bonds. The number of carbonyl (C=O) groups excluding carboxylic acids is 1. The van der Waals surface area contributed by atoms with Crippen molar-refractivity contribution >= 4 is 34.7 Å². The molecule has 1 aromatic heterocycles. The SMILES string of the molecule is NNc1ccc(C(=O)Nc2ccc(Cl)c([N+](=O)[O-])c2)cn1. The van der Waals surface area contributed by atoms with E-state index >= 15 is 0 Å². The van der Waals surface area contributed by atoms with Crippen molar-refractivity contribution in [3.63, 3.8) is 0 Å². The standard InChI is InChI=1S/C12H10ClN5O3/c13-9-3-2-8(5-10(9)18(20)21)16-12(19)7-1-4-11(17-14)15-6-7/h1-6H,14H2,(H,15,17)(H,16,19). The maximum atomic E-state index is 12.0. The van der Waals surface area contributed by atoms with Gasteiger partial charge in [0.25, 0.3) is 11.6 Å². The van der Waals surface area contributed by atoms with E-state index in [2.05, 4.69) is 15.7 Å². The number of nitrogen functional groups attached to an aromatic ring is 1. The van der Waals surface area contributed by atoms with Gasteiger partial charge in [-0.3, -0.25) is 14.9 Å². The number of nitrogens with two attached hydrogens (primary N) is 1. The minimum Gasteiger partial charge on any atom is -0.322 e. The van der Waals surface area contributed by atoms with Crippen molar-refractivity contribution in [1.29, 1.82) is 0 Å². The molecule has 0 aliphatic heterocycles. The van der Waals surface area contributed by atoms with Gasteiger partial charge >= 0.3 is 0 Å². The summed E-state index contributed by atoms with van der Waals surface area (Å²) < 4.78 is 0. The first-order valence-electron chi connectivity index (χ1n) is 5.69. The molecule has 1 aromatic carbocycles. The van der Waals surface area contributed by atoms with Crippen molar-refractivity contribution in [3.8, 4) is 0 Å². The summed E-state index contributed by atoms with van der Waals surface area (Å²) in [6, 6.07) is 7.04. The zero-order valence-electron chi connectivity index (χ0n) is 10.5. The van der Waals surface area contributed by atoms with Crippen LogP contribution in [0, 0.1) is 10.1 Å². The molecule has 2 aromatic rings. The highest BCUT2D eigenvalue weighted by Crippen LogP contribution is 2.27. The number of aromatic nitrogens is 1. The third-order valence-corrected chi connectivity index (χ3v) is 2.89. The fourth-order valence-corrected chi connectivity index (χ4v) is 1.73. The highest BCUT2D eigenvalue weighted by Gasteiger charge is 2.14. The molecule has 0 spiro atoms. The minimum absolute atomic E-state index is 0.00182. The Morgan fingerprint density at radius 1 is 1.33 bits per heavy atom. The number of hydrogen-bond acceptors (Lipinski definition) is 6. The lowest BCUT2D eigenvalue weighted by Gasteiger charge is -2.06. The van der Waals surface area contributed by atoms with Gasteiger partial charge in [-0.05, 0) is 24.3 Å². The molecule has 1 heterocycles. The molecule has 0 saturated heterocycles. The summed E-state index contributed by atoms with van der Waals surface area (Å²) in [5, 5.41) is 13.3. The number of hydrogen-bond donors (Lipinski definition) is 3. The first kappa shape index (κ1) is 14.7. The zero-order valence-corrected chi connectivity index (χ0v) is 11.3. The van der Waals surface area contributed by atoms with E-state index in [1.807, 2.05) is 0 Å². The highest BCUT2D eigenvalue weighted by molar-refractivity contribution is 6.32. The second-order valence-corrected chi connectivity index (χ2v) is 4.36. The van der Waals surface area contributed by atoms with Gasteiger partial charge in [-0.1, -0.05) is 11.6 Å². The minimum atomic E-state index is -0.624. The molecule has 4 N–H and O–H groups in total. The summed E-state index contributed by atoms with van der Waals surface area (Å²) in [5.41, 5.74) is 2.60. The molecule has 0 aliphatic carbocycles. The van der Waals surface area contributed by atoms with Crippen molar-refractivity contribution in [2.75, 3.05) is 10.7 Å². The number of hydrazine groups is 1. The summed E-state index contributed by atoms with van der Waals surface area (Å²) in [4.78, 5) is 26.0. The van der Waals surface area contributed by atoms with Crippen molar-refractivity contribution in [2.45, 2.75) is 0 Å². The first-order valence-corrected chi connectivity index (χ1v) is 6.07. The highest BCUT2D eigenvalue weighted by atomic mass is 35.5. The Balaban J connectivity index is 2.19. The van der Waals surface area contributed by atoms with Gasteiger partial charge in [0, 0.05) is 18.0 Å². The Kier molecular flexibility index (Phi) is 4.31. The Bertz CT molecular complexity index is 690. The number of nitrogens with one attached hydrogen (secondary N) is 2. The van der Waals surface area contributed by atoms with Crippen LogP contribution in [0.25, 0.3) is 0 Å². The maximum absolute atomic E-state index is 12.0. The fourth-order valence-electron chi connectivity index (χ4n) is 1.55. The monoisotopic (exact) mass is 307 g/mol. The topological polar surface area (TPSA) is 123 Å². The Hall–Kier alpha value is -2.71. The lowest BCUT2D eigenvalue weighted by molar-refractivity contribution is -0.384. The van der Waals surface area contributed by atoms with Crippen LogP contribution in [0.5, 0.6) is 0 Å². The number of nitro groups is 1. The van der Waals surface area contributed by atoms with Gasteiger partial charge in [0.05, 0.1) is 10.5 Å². The Morgan fingerprint density at radius 3 is 2.67 bits per heavy atom. The summed E-state index contributed by atoms with van der Waals surface area (Å²) in [6.07, 6.45) is 1.33. The van der Waals surface area contributed by atoms with E-state index in [9.17, 15) is 14.9 Å². The molecule has 0 radical (unpaired) electrons. The molecule has 0 bridgehead atoms. The third-order valence-electron chi connectivity index (χ3n) is 2.57. The molecule has 108 valence electrons. The van der Waals surface area contributed by atoms with Crippen LogP contribution in [0.2, 0.25) is 5.02 Å². The van der Waals surface area contributed by atoms with E-state index in [0.717, 1.165) is 0 Å². The van der Waals surface area contributed by atoms with Crippen LogP contribution in [0.15, 0.2) is 36.5 Å². The van der Waals surface area contributed by atoms with E-state index in [1.165, 1.54) is 36.5 Å². The van der Waals surface area contributed by atoms with Gasteiger partial charge in [-0.15, -0.1) is 0 Å². The number of amides is 1. The van der Waals surface area contributed by atoms with Gasteiger partial charge in [0.2, 0.25) is 0 Å². The number of carbonyl (C=O) groups is 1. The largest absolute Gasteiger partial charge is 0.322 e. The third kappa shape index (κ3) is 3.44. The van der Waals surface area contributed by atoms with E-state index < -0.39 is 10.8 Å². The molecule has 9 heteroatoms. The number of nitrogens with zero attached hydrogens (tertiary/aromatic N) is 2. The predicted molar refractivity (Wildman–Crippen MR) is 78.1 cm³/mol. The average Bonchev–Trinajstić information content (AvgIpc) is 2.49. The number of benzene rings is 1. The Labute approximate surface area is 124 Å². The van der Waals surface area contributed by atoms with Gasteiger partial charge in [0.15, 0.2) is 0 Å². The van der Waals surface area contributed by atoms with Crippen molar-refractivity contribution in [2.24, 2.45) is 5.84 Å². The van der Waals surface area contributed by atoms with Crippen molar-refractivity contribution in [3.05, 3.63) is 57.2 Å². The average molecular weight is 308 g/mol. The van der Waals surface area contributed by atoms with Gasteiger partial charge in [0.1, 0.15) is 10.8 Å². The summed E-state index contributed by atoms with van der Waals surface area (Å²) in [5.74, 6) is 5.12. The molecular weight excluding hydrogens is 298 g/mol. The second-order valence-electron chi connectivity index (χ2n) is 3.95. The van der Waals surface area contributed by atoms with Crippen LogP contribution in [0.1, 0.15) is 10.4 Å². The van der Waals surface area contributed by atoms with E-state index in [-0.39, 0.29) is 22.0 Å². The molecule has 0 atom stereocenters. The number of anilines is 2. The van der Waals surface area contributed by atoms with Crippen LogP contribution < -0.4 is 16.6 Å². The maximum Gasteiger partial charge on any atom is 0.289 e. The van der Waals surface area contributed by atoms with Crippen LogP contribution in [0.3, 0.4) is 0 Å². The van der Waals surface area contributed by atoms with Crippen molar-refractivity contribution in [1.82, 2.24) is 4.98 Å². The fraction of sp³-hybridized carbons (Fsp3) is 0. The molecule has 0 aliphatic rings. The summed E-state index contributed by atoms with van der Waals surface area (Å²) in [7, 11) is 0. The van der Waals surface area contributed by atoms with E-state index in [1.54, 1.807) is 0 Å². The number of halogens is 1. The molecule has 0 fully saturated rings. The van der Waals surface area contributed by atoms with E-state index in [0.29, 0.717) is 5.82 Å². The second kappa shape index (κ2) is 6.16. The van der Waals surface area contributed by atoms with Gasteiger partial charge in [-0.2, -0.15) is 0 Å². The Morgan fingerprint density at radius 2 is 2.10 bits per heavy atom. The number of pyridine rings is 1. The van der Waals surface area contributed by atoms with Crippen molar-refractivity contribution < 1.29 is 9.72 Å². The summed E-state index contributed by atoms with van der Waals surface area (Å²) in [6.45, 7) is 0. The predicted octanol–water partition coefficient (Wildman–Crippen LogP) is 2.18. The molecule has 8 nitrogen and oxygen atoms in total. The molecule has 2 rings (SSSR count). The van der Waals surface area contributed by atoms with Crippen LogP contribution in [0.4, 0.5) is 17.2 Å². The molecule has 0 unspecified atom stereocenters. The number of rotatable bonds is 4. The first-order chi connectivity index (χ1) is 10.0. The summed E-state index contributed by atoms with van der Waals surface area (Å²) >= 11 is 5.69. The molecular formula is C12H10ClN5O3.